The molecular weight excluding hydrogens is 608 g/mol. The maximum atomic E-state index is 13.3. The predicted molar refractivity (Wildman–Crippen MR) is 168 cm³/mol. The molecule has 1 saturated heterocycles. The average Bonchev–Trinajstić information content (AvgIpc) is 2.98. The van der Waals surface area contributed by atoms with Crippen molar-refractivity contribution in [1.82, 2.24) is 0 Å². The van der Waals surface area contributed by atoms with E-state index < -0.39 is 71.0 Å². The Morgan fingerprint density at radius 3 is 2.06 bits per heavy atom. The fraction of sp³-hybridized carbons (Fsp3) is 0.861. The van der Waals surface area contributed by atoms with E-state index in [0.717, 1.165) is 32.1 Å². The number of aliphatic carboxylic acids is 3. The van der Waals surface area contributed by atoms with Gasteiger partial charge in [-0.2, -0.15) is 0 Å². The van der Waals surface area contributed by atoms with E-state index in [1.54, 1.807) is 6.92 Å². The Morgan fingerprint density at radius 1 is 0.787 bits per heavy atom. The molecular formula is C36H54O11. The number of carbonyl (C=O) groups is 3. The molecule has 264 valence electrons. The van der Waals surface area contributed by atoms with E-state index in [1.807, 2.05) is 0 Å². The fourth-order valence-electron chi connectivity index (χ4n) is 12.1. The van der Waals surface area contributed by atoms with E-state index in [1.165, 1.54) is 5.57 Å². The normalized spacial score (nSPS) is 52.1. The molecule has 4 saturated carbocycles. The number of carboxylic acids is 3. The second-order valence-electron chi connectivity index (χ2n) is 17.7. The van der Waals surface area contributed by atoms with Crippen LogP contribution in [0.2, 0.25) is 0 Å². The van der Waals surface area contributed by atoms with Crippen LogP contribution in [-0.4, -0.2) is 85.4 Å². The molecule has 0 bridgehead atoms. The molecule has 6 aliphatic rings. The number of aliphatic hydroxyl groups excluding tert-OH is 3. The molecule has 0 aromatic rings. The molecule has 1 aliphatic heterocycles. The summed E-state index contributed by atoms with van der Waals surface area (Å²) in [7, 11) is 0. The highest BCUT2D eigenvalue weighted by atomic mass is 16.7. The molecule has 0 spiro atoms. The van der Waals surface area contributed by atoms with Crippen LogP contribution in [0.4, 0.5) is 0 Å². The van der Waals surface area contributed by atoms with Crippen molar-refractivity contribution < 1.29 is 54.5 Å². The van der Waals surface area contributed by atoms with Crippen LogP contribution in [0.3, 0.4) is 0 Å². The van der Waals surface area contributed by atoms with Gasteiger partial charge in [-0.25, -0.2) is 4.79 Å². The Hall–Kier alpha value is -2.05. The van der Waals surface area contributed by atoms with Crippen LogP contribution in [0.5, 0.6) is 0 Å². The molecule has 5 aliphatic carbocycles. The summed E-state index contributed by atoms with van der Waals surface area (Å²) in [5, 5.41) is 62.2. The first kappa shape index (κ1) is 34.8. The molecule has 0 amide bonds. The van der Waals surface area contributed by atoms with E-state index in [4.69, 9.17) is 9.47 Å². The van der Waals surface area contributed by atoms with Gasteiger partial charge >= 0.3 is 17.9 Å². The van der Waals surface area contributed by atoms with Crippen LogP contribution in [0.25, 0.3) is 0 Å². The first-order valence-corrected chi connectivity index (χ1v) is 17.4. The third-order valence-electron chi connectivity index (χ3n) is 15.2. The Balaban J connectivity index is 1.34. The van der Waals surface area contributed by atoms with Crippen molar-refractivity contribution in [2.24, 2.45) is 50.2 Å². The summed E-state index contributed by atoms with van der Waals surface area (Å²) in [4.78, 5) is 38.0. The van der Waals surface area contributed by atoms with Crippen LogP contribution in [-0.2, 0) is 23.9 Å². The number of aliphatic hydroxyl groups is 3. The van der Waals surface area contributed by atoms with Gasteiger partial charge in [0.25, 0.3) is 0 Å². The monoisotopic (exact) mass is 662 g/mol. The smallest absolute Gasteiger partial charge is 0.335 e. The highest BCUT2D eigenvalue weighted by Gasteiger charge is 2.71. The fourth-order valence-corrected chi connectivity index (χ4v) is 12.1. The van der Waals surface area contributed by atoms with E-state index in [-0.39, 0.29) is 34.0 Å². The molecule has 14 atom stereocenters. The van der Waals surface area contributed by atoms with Gasteiger partial charge in [0.15, 0.2) is 12.4 Å². The largest absolute Gasteiger partial charge is 0.481 e. The second-order valence-corrected chi connectivity index (χ2v) is 17.7. The van der Waals surface area contributed by atoms with Crippen molar-refractivity contribution >= 4 is 17.9 Å². The zero-order valence-corrected chi connectivity index (χ0v) is 28.6. The molecule has 6 N–H and O–H groups in total. The van der Waals surface area contributed by atoms with Gasteiger partial charge in [-0.05, 0) is 111 Å². The number of fused-ring (bicyclic) bond motifs is 7. The highest BCUT2D eigenvalue weighted by molar-refractivity contribution is 5.77. The molecule has 0 unspecified atom stereocenters. The topological polar surface area (TPSA) is 191 Å². The van der Waals surface area contributed by atoms with Crippen molar-refractivity contribution in [3.05, 3.63) is 11.6 Å². The van der Waals surface area contributed by atoms with Crippen LogP contribution < -0.4 is 0 Å². The van der Waals surface area contributed by atoms with Gasteiger partial charge in [-0.3, -0.25) is 9.59 Å². The van der Waals surface area contributed by atoms with Gasteiger partial charge in [0.1, 0.15) is 18.3 Å². The van der Waals surface area contributed by atoms with Crippen molar-refractivity contribution in [2.75, 3.05) is 0 Å². The quantitative estimate of drug-likeness (QED) is 0.183. The zero-order valence-electron chi connectivity index (χ0n) is 28.6. The first-order valence-electron chi connectivity index (χ1n) is 17.4. The Bertz CT molecular complexity index is 1360. The van der Waals surface area contributed by atoms with Crippen molar-refractivity contribution in [2.45, 2.75) is 143 Å². The lowest BCUT2D eigenvalue weighted by atomic mass is 9.33. The summed E-state index contributed by atoms with van der Waals surface area (Å²) in [6.45, 7) is 13.1. The molecule has 11 heteroatoms. The van der Waals surface area contributed by atoms with Crippen LogP contribution in [0.15, 0.2) is 11.6 Å². The summed E-state index contributed by atoms with van der Waals surface area (Å²) in [6, 6.07) is 0. The minimum Gasteiger partial charge on any atom is -0.481 e. The summed E-state index contributed by atoms with van der Waals surface area (Å²) in [6.07, 6.45) is -0.609. The molecule has 0 aromatic carbocycles. The highest BCUT2D eigenvalue weighted by Crippen LogP contribution is 2.76. The number of carboxylic acid groups (broad SMARTS) is 3. The van der Waals surface area contributed by atoms with Gasteiger partial charge in [-0.1, -0.05) is 46.3 Å². The number of rotatable bonds is 5. The minimum atomic E-state index is -1.87. The number of hydrogen-bond acceptors (Lipinski definition) is 8. The van der Waals surface area contributed by atoms with E-state index in [0.29, 0.717) is 32.1 Å². The predicted octanol–water partition coefficient (Wildman–Crippen LogP) is 4.21. The van der Waals surface area contributed by atoms with Crippen LogP contribution >= 0.6 is 0 Å². The van der Waals surface area contributed by atoms with E-state index in [9.17, 15) is 45.0 Å². The molecule has 6 rings (SSSR count). The maximum absolute atomic E-state index is 13.3. The molecule has 47 heavy (non-hydrogen) atoms. The number of ether oxygens (including phenoxy) is 2. The number of allylic oxidation sites excluding steroid dienone is 2. The van der Waals surface area contributed by atoms with Gasteiger partial charge in [-0.15, -0.1) is 0 Å². The van der Waals surface area contributed by atoms with Gasteiger partial charge in [0.05, 0.1) is 16.9 Å². The number of hydrogen-bond donors (Lipinski definition) is 6. The maximum Gasteiger partial charge on any atom is 0.335 e. The van der Waals surface area contributed by atoms with Gasteiger partial charge in [0.2, 0.25) is 0 Å². The lowest BCUT2D eigenvalue weighted by Crippen LogP contribution is -2.67. The molecule has 5 fully saturated rings. The molecule has 1 heterocycles. The Kier molecular flexibility index (Phi) is 8.13. The Labute approximate surface area is 276 Å². The lowest BCUT2D eigenvalue weighted by molar-refractivity contribution is -0.323. The molecule has 0 aromatic heterocycles. The van der Waals surface area contributed by atoms with Crippen molar-refractivity contribution in [3.63, 3.8) is 0 Å². The standard InChI is InChI=1S/C36H54O11/c1-31(2)13-15-36(30(44)45)16-14-33(4)18(19(36)17-31)7-8-20-32(3)11-10-22(35(6,29(42)43)21(32)9-12-34(20,33)5)46-28-25(39)23(37)24(38)26(47-28)27(40)41/h7,19-26,28,37-39H,8-17H2,1-6H3,(H,40,41)(H,42,43)(H,44,45)/t19-,20+,21+,22-,23-,24-,25+,26-,28+,32+,33+,34+,35-,36-/m0/s1. The molecule has 11 nitrogen and oxygen atoms in total. The van der Waals surface area contributed by atoms with Crippen molar-refractivity contribution in [3.8, 4) is 0 Å². The minimum absolute atomic E-state index is 0.0235. The lowest BCUT2D eigenvalue weighted by Gasteiger charge is -2.71. The summed E-state index contributed by atoms with van der Waals surface area (Å²) < 4.78 is 11.6. The van der Waals surface area contributed by atoms with Crippen LogP contribution in [0, 0.1) is 50.2 Å². The van der Waals surface area contributed by atoms with Crippen molar-refractivity contribution in [1.29, 1.82) is 0 Å². The Morgan fingerprint density at radius 2 is 1.45 bits per heavy atom. The third kappa shape index (κ3) is 4.65. The second kappa shape index (κ2) is 11.0. The van der Waals surface area contributed by atoms with Gasteiger partial charge in [0, 0.05) is 0 Å². The van der Waals surface area contributed by atoms with Gasteiger partial charge < -0.3 is 40.1 Å². The zero-order chi connectivity index (χ0) is 34.7. The van der Waals surface area contributed by atoms with E-state index >= 15 is 0 Å². The summed E-state index contributed by atoms with van der Waals surface area (Å²) >= 11 is 0. The van der Waals surface area contributed by atoms with E-state index in [2.05, 4.69) is 40.7 Å². The summed E-state index contributed by atoms with van der Waals surface area (Å²) in [5.74, 6) is -3.45. The first-order chi connectivity index (χ1) is 21.7. The summed E-state index contributed by atoms with van der Waals surface area (Å²) in [5.41, 5.74) is -1.60. The SMILES string of the molecule is CC1(C)CC[C@]2(C(=O)O)CC[C@]3(C)C(=CC[C@@H]4[C@@]5(C)CC[C@H](O[C@@H]6O[C@H](C(=O)O)[C@@H](O)[C@H](O)[C@H]6O)[C@@](C)(C(=O)O)[C@@H]5CC[C@]43C)[C@@H]2C1. The average molecular weight is 663 g/mol. The molecule has 0 radical (unpaired) electrons. The third-order valence-corrected chi connectivity index (χ3v) is 15.2. The van der Waals surface area contributed by atoms with Crippen LogP contribution in [0.1, 0.15) is 106 Å².